The number of rotatable bonds is 33. The van der Waals surface area contributed by atoms with E-state index in [4.69, 9.17) is 34.4 Å². The van der Waals surface area contributed by atoms with Crippen LogP contribution in [0.3, 0.4) is 0 Å². The zero-order valence-corrected chi connectivity index (χ0v) is 57.6. The lowest BCUT2D eigenvalue weighted by Crippen LogP contribution is -2.58. The second-order valence-corrected chi connectivity index (χ2v) is 26.8. The molecular formula is C85H88N12O6. The van der Waals surface area contributed by atoms with Crippen LogP contribution in [-0.2, 0) is 48.0 Å². The largest absolute Gasteiger partial charge is 0.354 e. The van der Waals surface area contributed by atoms with Gasteiger partial charge in [-0.05, 0) is 182 Å². The van der Waals surface area contributed by atoms with Gasteiger partial charge in [0.05, 0.1) is 17.1 Å². The van der Waals surface area contributed by atoms with E-state index in [0.29, 0.717) is 75.2 Å². The highest BCUT2D eigenvalue weighted by atomic mass is 16.2. The SMILES string of the molecule is NCCCC[C@@](N)(C(=O)Cc1c(-c2ccccc2)[nH]c2ccccc12)C(=O)Nc1ccc(C(c2ccc(NC(=O)[C@@](N)(CCCCN)C(=O)Cc3c(-c4ccccc4)[nH]c4ccccc34)cc2)c2ccc(NC(=O)[C@@](N)(CCCCN)C(=O)Cc3c(-c4ccccc4)[nH]c4ccccc34)cc2)cc1. The lowest BCUT2D eigenvalue weighted by atomic mass is 9.83. The predicted molar refractivity (Wildman–Crippen MR) is 413 cm³/mol. The second kappa shape index (κ2) is 32.2. The van der Waals surface area contributed by atoms with Gasteiger partial charge < -0.3 is 65.3 Å². The maximum Gasteiger partial charge on any atom is 0.252 e. The highest BCUT2D eigenvalue weighted by Gasteiger charge is 2.45. The molecule has 0 radical (unpaired) electrons. The monoisotopic (exact) mass is 1370 g/mol. The smallest absolute Gasteiger partial charge is 0.252 e. The summed E-state index contributed by atoms with van der Waals surface area (Å²) < 4.78 is 0. The van der Waals surface area contributed by atoms with Crippen molar-refractivity contribution in [3.8, 4) is 33.8 Å². The first-order valence-corrected chi connectivity index (χ1v) is 35.3. The lowest BCUT2D eigenvalue weighted by Gasteiger charge is -2.28. The molecule has 18 heteroatoms. The van der Waals surface area contributed by atoms with Gasteiger partial charge in [-0.3, -0.25) is 28.8 Å². The van der Waals surface area contributed by atoms with Gasteiger partial charge in [-0.1, -0.05) is 182 Å². The molecule has 0 aliphatic heterocycles. The van der Waals surface area contributed by atoms with E-state index < -0.39 is 57.6 Å². The number of amides is 3. The molecule has 0 unspecified atom stereocenters. The molecule has 524 valence electrons. The fourth-order valence-electron chi connectivity index (χ4n) is 14.0. The molecule has 12 rings (SSSR count). The second-order valence-electron chi connectivity index (χ2n) is 26.8. The quantitative estimate of drug-likeness (QED) is 0.0104. The molecule has 0 fully saturated rings. The number of Topliss-reactive ketones (excluding diaryl/α,β-unsaturated/α-hetero) is 3. The first-order valence-electron chi connectivity index (χ1n) is 35.3. The number of carbonyl (C=O) groups is 6. The summed E-state index contributed by atoms with van der Waals surface area (Å²) in [7, 11) is 0. The Balaban J connectivity index is 0.838. The minimum absolute atomic E-state index is 0.0554. The summed E-state index contributed by atoms with van der Waals surface area (Å²) in [5.41, 5.74) is 46.5. The molecule has 18 nitrogen and oxygen atoms in total. The number of fused-ring (bicyclic) bond motifs is 3. The first kappa shape index (κ1) is 71.6. The fraction of sp³-hybridized carbons (Fsp3) is 0.224. The van der Waals surface area contributed by atoms with Gasteiger partial charge >= 0.3 is 0 Å². The summed E-state index contributed by atoms with van der Waals surface area (Å²) in [6.07, 6.45) is 2.77. The molecule has 0 aliphatic carbocycles. The average molecular weight is 1370 g/mol. The zero-order valence-electron chi connectivity index (χ0n) is 57.6. The predicted octanol–water partition coefficient (Wildman–Crippen LogP) is 13.0. The Morgan fingerprint density at radius 2 is 0.553 bits per heavy atom. The Labute approximate surface area is 598 Å². The van der Waals surface area contributed by atoms with Crippen LogP contribution < -0.4 is 50.4 Å². The Hall–Kier alpha value is -11.2. The number of nitrogens with two attached hydrogens (primary N) is 6. The van der Waals surface area contributed by atoms with E-state index >= 15 is 0 Å². The number of para-hydroxylation sites is 3. The molecule has 3 atom stereocenters. The zero-order chi connectivity index (χ0) is 72.1. The molecule has 0 spiro atoms. The van der Waals surface area contributed by atoms with Gasteiger partial charge in [-0.25, -0.2) is 0 Å². The molecule has 3 amide bonds. The minimum atomic E-state index is -1.94. The third-order valence-electron chi connectivity index (χ3n) is 19.9. The Bertz CT molecular complexity index is 4480. The van der Waals surface area contributed by atoms with Crippen molar-refractivity contribution in [3.05, 3.63) is 270 Å². The lowest BCUT2D eigenvalue weighted by molar-refractivity contribution is -0.134. The van der Waals surface area contributed by atoms with Crippen LogP contribution >= 0.6 is 0 Å². The van der Waals surface area contributed by atoms with Crippen LogP contribution in [0, 0.1) is 0 Å². The molecule has 0 saturated carbocycles. The molecule has 9 aromatic carbocycles. The summed E-state index contributed by atoms with van der Waals surface area (Å²) in [6, 6.07) is 74.2. The van der Waals surface area contributed by atoms with E-state index in [0.717, 1.165) is 99.9 Å². The summed E-state index contributed by atoms with van der Waals surface area (Å²) in [6.45, 7) is 1.06. The van der Waals surface area contributed by atoms with E-state index in [2.05, 4.69) is 30.9 Å². The number of carbonyl (C=O) groups excluding carboxylic acids is 6. The van der Waals surface area contributed by atoms with E-state index in [1.807, 2.05) is 200 Å². The molecule has 12 aromatic rings. The van der Waals surface area contributed by atoms with Gasteiger partial charge in [0.2, 0.25) is 0 Å². The van der Waals surface area contributed by atoms with Crippen molar-refractivity contribution >= 4 is 84.8 Å². The van der Waals surface area contributed by atoms with Crippen LogP contribution in [0.15, 0.2) is 237 Å². The molecule has 0 saturated heterocycles. The number of unbranched alkanes of at least 4 members (excludes halogenated alkanes) is 3. The number of anilines is 3. The molecular weight excluding hydrogens is 1290 g/mol. The van der Waals surface area contributed by atoms with Crippen LogP contribution in [0.5, 0.6) is 0 Å². The summed E-state index contributed by atoms with van der Waals surface area (Å²) >= 11 is 0. The number of aromatic amines is 3. The minimum Gasteiger partial charge on any atom is -0.354 e. The van der Waals surface area contributed by atoms with Crippen molar-refractivity contribution in [2.75, 3.05) is 35.6 Å². The van der Waals surface area contributed by atoms with Crippen LogP contribution in [0.1, 0.15) is 97.1 Å². The maximum absolute atomic E-state index is 14.8. The van der Waals surface area contributed by atoms with E-state index in [1.54, 1.807) is 36.4 Å². The number of hydrogen-bond donors (Lipinski definition) is 12. The van der Waals surface area contributed by atoms with E-state index in [1.165, 1.54) is 0 Å². The number of hydrogen-bond acceptors (Lipinski definition) is 12. The molecule has 3 heterocycles. The van der Waals surface area contributed by atoms with Gasteiger partial charge in [-0.2, -0.15) is 0 Å². The van der Waals surface area contributed by atoms with Crippen LogP contribution in [-0.4, -0.2) is 86.3 Å². The van der Waals surface area contributed by atoms with Gasteiger partial charge in [0, 0.05) is 75.0 Å². The number of ketones is 3. The Morgan fingerprint density at radius 3 is 0.806 bits per heavy atom. The molecule has 3 aromatic heterocycles. The summed E-state index contributed by atoms with van der Waals surface area (Å²) in [4.78, 5) is 99.4. The van der Waals surface area contributed by atoms with E-state index in [-0.39, 0.29) is 38.5 Å². The first-order chi connectivity index (χ1) is 50.0. The van der Waals surface area contributed by atoms with Crippen LogP contribution in [0.25, 0.3) is 66.5 Å². The van der Waals surface area contributed by atoms with Crippen molar-refractivity contribution in [1.82, 2.24) is 15.0 Å². The normalized spacial score (nSPS) is 13.3. The Kier molecular flexibility index (Phi) is 22.4. The molecule has 0 aliphatic rings. The van der Waals surface area contributed by atoms with Gasteiger partial charge in [-0.15, -0.1) is 0 Å². The Morgan fingerprint density at radius 1 is 0.311 bits per heavy atom. The number of nitrogens with one attached hydrogen (secondary N) is 6. The van der Waals surface area contributed by atoms with Crippen molar-refractivity contribution in [2.24, 2.45) is 34.4 Å². The third kappa shape index (κ3) is 15.7. The summed E-state index contributed by atoms with van der Waals surface area (Å²) in [5.74, 6) is -3.85. The van der Waals surface area contributed by atoms with Crippen molar-refractivity contribution < 1.29 is 28.8 Å². The summed E-state index contributed by atoms with van der Waals surface area (Å²) in [5, 5.41) is 11.5. The molecule has 0 bridgehead atoms. The third-order valence-corrected chi connectivity index (χ3v) is 19.9. The van der Waals surface area contributed by atoms with Crippen LogP contribution in [0.4, 0.5) is 17.1 Å². The highest BCUT2D eigenvalue weighted by Crippen LogP contribution is 2.39. The number of benzene rings is 9. The molecule has 18 N–H and O–H groups in total. The fourth-order valence-corrected chi connectivity index (χ4v) is 14.0. The van der Waals surface area contributed by atoms with Crippen LogP contribution in [0.2, 0.25) is 0 Å². The number of H-pyrrole nitrogens is 3. The number of aromatic nitrogens is 3. The maximum atomic E-state index is 14.8. The van der Waals surface area contributed by atoms with Gasteiger partial charge in [0.15, 0.2) is 34.0 Å². The van der Waals surface area contributed by atoms with Gasteiger partial charge in [0.1, 0.15) is 0 Å². The van der Waals surface area contributed by atoms with Crippen molar-refractivity contribution in [3.63, 3.8) is 0 Å². The van der Waals surface area contributed by atoms with Crippen molar-refractivity contribution in [1.29, 1.82) is 0 Å². The average Bonchev–Trinajstić information content (AvgIpc) is 1.73. The van der Waals surface area contributed by atoms with Gasteiger partial charge in [0.25, 0.3) is 17.7 Å². The molecule has 103 heavy (non-hydrogen) atoms. The van der Waals surface area contributed by atoms with E-state index in [9.17, 15) is 28.8 Å². The van der Waals surface area contributed by atoms with Crippen molar-refractivity contribution in [2.45, 2.75) is 99.6 Å². The standard InChI is InChI=1S/C85H88N12O6/c86-49-19-16-46-83(89,73(98)52-67-64-28-10-13-31-70(64)95-77(67)58-22-4-1-5-23-58)80(101)92-61-40-34-55(35-41-61)76(56-36-42-62(43-37-56)93-81(102)84(90,47-17-20-50-87)74(99)53-68-65-29-11-14-32-71(65)96-78(68)59-24-6-2-7-25-59)57-38-44-63(45-39-57)94-82(103)85(91,48-18-21-51-88)75(100)54-69-66-30-12-15-33-72(66)97-79(69)60-26-8-3-9-27-60/h1-15,22-45,76,95-97H,16-21,46-54,86-91H2,(H,92,101)(H,93,102)(H,94,103)/t83-,84-,85-/m1/s1. The highest BCUT2D eigenvalue weighted by molar-refractivity contribution is 6.19. The topological polar surface area (TPSA) is 342 Å².